The molecule has 1 atom stereocenters. The van der Waals surface area contributed by atoms with E-state index in [9.17, 15) is 4.79 Å². The molecule has 0 unspecified atom stereocenters. The SMILES string of the molecule is CC[C@H](C)/C=C\C(C)=O. The molecule has 52 valence electrons. The Labute approximate surface area is 56.8 Å². The van der Waals surface area contributed by atoms with Crippen molar-refractivity contribution in [3.63, 3.8) is 0 Å². The molecule has 0 aliphatic carbocycles. The molecule has 0 bridgehead atoms. The van der Waals surface area contributed by atoms with Crippen molar-refractivity contribution in [2.24, 2.45) is 5.92 Å². The Morgan fingerprint density at radius 1 is 1.67 bits per heavy atom. The predicted molar refractivity (Wildman–Crippen MR) is 39.3 cm³/mol. The quantitative estimate of drug-likeness (QED) is 0.530. The summed E-state index contributed by atoms with van der Waals surface area (Å²) in [5.74, 6) is 0.671. The van der Waals surface area contributed by atoms with Gasteiger partial charge in [-0.3, -0.25) is 4.79 Å². The molecule has 0 radical (unpaired) electrons. The highest BCUT2D eigenvalue weighted by atomic mass is 16.1. The summed E-state index contributed by atoms with van der Waals surface area (Å²) in [6, 6.07) is 0. The molecule has 0 aromatic carbocycles. The number of hydrogen-bond donors (Lipinski definition) is 0. The van der Waals surface area contributed by atoms with Crippen molar-refractivity contribution in [3.8, 4) is 0 Å². The Morgan fingerprint density at radius 2 is 2.22 bits per heavy atom. The number of rotatable bonds is 3. The number of ketones is 1. The first kappa shape index (κ1) is 8.41. The van der Waals surface area contributed by atoms with E-state index in [-0.39, 0.29) is 5.78 Å². The molecule has 0 heterocycles. The molecule has 0 aromatic rings. The van der Waals surface area contributed by atoms with Crippen LogP contribution in [-0.4, -0.2) is 5.78 Å². The van der Waals surface area contributed by atoms with Crippen LogP contribution in [0.5, 0.6) is 0 Å². The maximum atomic E-state index is 10.4. The zero-order valence-corrected chi connectivity index (χ0v) is 6.35. The molecule has 1 heteroatoms. The second-order valence-electron chi connectivity index (χ2n) is 2.36. The molecule has 0 saturated heterocycles. The van der Waals surface area contributed by atoms with Crippen molar-refractivity contribution in [1.82, 2.24) is 0 Å². The number of carbonyl (C=O) groups is 1. The van der Waals surface area contributed by atoms with Gasteiger partial charge in [0, 0.05) is 0 Å². The summed E-state index contributed by atoms with van der Waals surface area (Å²) in [6.45, 7) is 5.77. The van der Waals surface area contributed by atoms with E-state index in [2.05, 4.69) is 13.8 Å². The third-order valence-electron chi connectivity index (χ3n) is 1.30. The molecule has 0 amide bonds. The normalized spacial score (nSPS) is 14.1. The van der Waals surface area contributed by atoms with Gasteiger partial charge in [0.2, 0.25) is 0 Å². The third-order valence-corrected chi connectivity index (χ3v) is 1.30. The molecule has 0 aliphatic heterocycles. The van der Waals surface area contributed by atoms with Crippen LogP contribution in [0.3, 0.4) is 0 Å². The van der Waals surface area contributed by atoms with Gasteiger partial charge in [-0.15, -0.1) is 0 Å². The van der Waals surface area contributed by atoms with E-state index in [0.29, 0.717) is 5.92 Å². The monoisotopic (exact) mass is 126 g/mol. The summed E-state index contributed by atoms with van der Waals surface area (Å²) in [6.07, 6.45) is 4.68. The van der Waals surface area contributed by atoms with Crippen molar-refractivity contribution in [2.45, 2.75) is 27.2 Å². The van der Waals surface area contributed by atoms with Gasteiger partial charge in [0.05, 0.1) is 0 Å². The zero-order chi connectivity index (χ0) is 7.28. The first-order chi connectivity index (χ1) is 4.16. The summed E-state index contributed by atoms with van der Waals surface area (Å²) in [5.41, 5.74) is 0. The Bertz CT molecular complexity index is 114. The predicted octanol–water partition coefficient (Wildman–Crippen LogP) is 2.18. The lowest BCUT2D eigenvalue weighted by molar-refractivity contribution is -0.112. The van der Waals surface area contributed by atoms with Crippen LogP contribution >= 0.6 is 0 Å². The van der Waals surface area contributed by atoms with Gasteiger partial charge in [-0.2, -0.15) is 0 Å². The smallest absolute Gasteiger partial charge is 0.152 e. The van der Waals surface area contributed by atoms with Gasteiger partial charge in [-0.1, -0.05) is 26.3 Å². The molecule has 0 spiro atoms. The molecule has 0 saturated carbocycles. The van der Waals surface area contributed by atoms with Crippen LogP contribution in [0.15, 0.2) is 12.2 Å². The van der Waals surface area contributed by atoms with Crippen molar-refractivity contribution in [1.29, 1.82) is 0 Å². The molecular formula is C8H14O. The minimum atomic E-state index is 0.135. The lowest BCUT2D eigenvalue weighted by atomic mass is 10.1. The Hall–Kier alpha value is -0.590. The maximum Gasteiger partial charge on any atom is 0.152 e. The third kappa shape index (κ3) is 5.28. The van der Waals surface area contributed by atoms with Gasteiger partial charge in [-0.05, 0) is 18.9 Å². The van der Waals surface area contributed by atoms with Crippen molar-refractivity contribution in [2.75, 3.05) is 0 Å². The van der Waals surface area contributed by atoms with Gasteiger partial charge in [0.15, 0.2) is 5.78 Å². The van der Waals surface area contributed by atoms with Crippen molar-refractivity contribution >= 4 is 5.78 Å². The molecule has 0 fully saturated rings. The Morgan fingerprint density at radius 3 is 2.56 bits per heavy atom. The van der Waals surface area contributed by atoms with E-state index in [1.54, 1.807) is 13.0 Å². The largest absolute Gasteiger partial charge is 0.295 e. The molecule has 9 heavy (non-hydrogen) atoms. The topological polar surface area (TPSA) is 17.1 Å². The van der Waals surface area contributed by atoms with Crippen LogP contribution in [0.1, 0.15) is 27.2 Å². The highest BCUT2D eigenvalue weighted by Gasteiger charge is 1.90. The van der Waals surface area contributed by atoms with E-state index >= 15 is 0 Å². The summed E-state index contributed by atoms with van der Waals surface area (Å²) in [5, 5.41) is 0. The van der Waals surface area contributed by atoms with Crippen LogP contribution < -0.4 is 0 Å². The van der Waals surface area contributed by atoms with Crippen LogP contribution in [0.25, 0.3) is 0 Å². The zero-order valence-electron chi connectivity index (χ0n) is 6.35. The second-order valence-corrected chi connectivity index (χ2v) is 2.36. The molecule has 1 nitrogen and oxygen atoms in total. The lowest BCUT2D eigenvalue weighted by Crippen LogP contribution is -1.87. The molecule has 0 N–H and O–H groups in total. The number of allylic oxidation sites excluding steroid dienone is 2. The highest BCUT2D eigenvalue weighted by Crippen LogP contribution is 2.00. The van der Waals surface area contributed by atoms with E-state index < -0.39 is 0 Å². The molecule has 0 rings (SSSR count). The maximum absolute atomic E-state index is 10.4. The standard InChI is InChI=1S/C8H14O/c1-4-7(2)5-6-8(3)9/h5-7H,4H2,1-3H3/b6-5-/t7-/m0/s1. The van der Waals surface area contributed by atoms with Gasteiger partial charge >= 0.3 is 0 Å². The Balaban J connectivity index is 3.56. The van der Waals surface area contributed by atoms with E-state index in [4.69, 9.17) is 0 Å². The molecular weight excluding hydrogens is 112 g/mol. The Kier molecular flexibility index (Phi) is 4.02. The van der Waals surface area contributed by atoms with Crippen LogP contribution in [0, 0.1) is 5.92 Å². The van der Waals surface area contributed by atoms with E-state index in [0.717, 1.165) is 6.42 Å². The summed E-state index contributed by atoms with van der Waals surface area (Å²) in [4.78, 5) is 10.4. The fourth-order valence-corrected chi connectivity index (χ4v) is 0.436. The minimum Gasteiger partial charge on any atom is -0.295 e. The fraction of sp³-hybridized carbons (Fsp3) is 0.625. The van der Waals surface area contributed by atoms with Gasteiger partial charge in [-0.25, -0.2) is 0 Å². The first-order valence-electron chi connectivity index (χ1n) is 3.35. The van der Waals surface area contributed by atoms with Gasteiger partial charge in [0.1, 0.15) is 0 Å². The summed E-state index contributed by atoms with van der Waals surface area (Å²) < 4.78 is 0. The minimum absolute atomic E-state index is 0.135. The highest BCUT2D eigenvalue weighted by molar-refractivity contribution is 5.87. The number of hydrogen-bond acceptors (Lipinski definition) is 1. The second kappa shape index (κ2) is 4.30. The van der Waals surface area contributed by atoms with E-state index in [1.165, 1.54) is 0 Å². The fourth-order valence-electron chi connectivity index (χ4n) is 0.436. The van der Waals surface area contributed by atoms with Crippen LogP contribution in [0.2, 0.25) is 0 Å². The summed E-state index contributed by atoms with van der Waals surface area (Å²) >= 11 is 0. The molecule has 0 aromatic heterocycles. The van der Waals surface area contributed by atoms with Crippen LogP contribution in [0.4, 0.5) is 0 Å². The van der Waals surface area contributed by atoms with E-state index in [1.807, 2.05) is 6.08 Å². The average Bonchev–Trinajstić information content (AvgIpc) is 1.83. The van der Waals surface area contributed by atoms with Crippen molar-refractivity contribution < 1.29 is 4.79 Å². The van der Waals surface area contributed by atoms with Gasteiger partial charge < -0.3 is 0 Å². The van der Waals surface area contributed by atoms with Crippen LogP contribution in [-0.2, 0) is 4.79 Å². The molecule has 0 aliphatic rings. The number of carbonyl (C=O) groups excluding carboxylic acids is 1. The van der Waals surface area contributed by atoms with Crippen molar-refractivity contribution in [3.05, 3.63) is 12.2 Å². The summed E-state index contributed by atoms with van der Waals surface area (Å²) in [7, 11) is 0. The van der Waals surface area contributed by atoms with Gasteiger partial charge in [0.25, 0.3) is 0 Å². The lowest BCUT2D eigenvalue weighted by Gasteiger charge is -1.96. The average molecular weight is 126 g/mol. The first-order valence-corrected chi connectivity index (χ1v) is 3.35.